The number of aliphatic hydroxyl groups is 1. The van der Waals surface area contributed by atoms with Crippen LogP contribution in [0.1, 0.15) is 25.0 Å². The largest absolute Gasteiger partial charge is 0.388 e. The predicted octanol–water partition coefficient (Wildman–Crippen LogP) is 3.44. The Balaban J connectivity index is 2.96. The van der Waals surface area contributed by atoms with Crippen molar-refractivity contribution in [3.05, 3.63) is 33.8 Å². The third kappa shape index (κ3) is 2.13. The number of rotatable bonds is 2. The van der Waals surface area contributed by atoms with Crippen LogP contribution >= 0.6 is 23.2 Å². The van der Waals surface area contributed by atoms with Crippen LogP contribution in [0.3, 0.4) is 0 Å². The number of aliphatic hydroxyl groups excluding tert-OH is 1. The van der Waals surface area contributed by atoms with E-state index in [0.29, 0.717) is 16.5 Å². The molecule has 0 radical (unpaired) electrons. The predicted molar refractivity (Wildman–Crippen MR) is 51.7 cm³/mol. The molecule has 1 rings (SSSR count). The lowest BCUT2D eigenvalue weighted by molar-refractivity contribution is 0.173. The van der Waals surface area contributed by atoms with E-state index in [2.05, 4.69) is 0 Å². The molecule has 0 aromatic heterocycles. The van der Waals surface area contributed by atoms with Gasteiger partial charge in [-0.25, -0.2) is 0 Å². The van der Waals surface area contributed by atoms with E-state index in [4.69, 9.17) is 23.2 Å². The topological polar surface area (TPSA) is 20.2 Å². The highest BCUT2D eigenvalue weighted by Crippen LogP contribution is 2.26. The molecule has 0 unspecified atom stereocenters. The van der Waals surface area contributed by atoms with Crippen LogP contribution < -0.4 is 0 Å². The zero-order valence-corrected chi connectivity index (χ0v) is 8.23. The molecule has 0 heterocycles. The number of halogens is 2. The third-order valence-electron chi connectivity index (χ3n) is 1.72. The molecular weight excluding hydrogens is 195 g/mol. The molecule has 0 saturated carbocycles. The summed E-state index contributed by atoms with van der Waals surface area (Å²) in [5.41, 5.74) is 0.812. The third-order valence-corrected chi connectivity index (χ3v) is 2.45. The van der Waals surface area contributed by atoms with Crippen molar-refractivity contribution in [3.8, 4) is 0 Å². The second-order valence-electron chi connectivity index (χ2n) is 2.60. The van der Waals surface area contributed by atoms with Crippen molar-refractivity contribution >= 4 is 23.2 Å². The van der Waals surface area contributed by atoms with Crippen LogP contribution in [-0.4, -0.2) is 5.11 Å². The highest BCUT2D eigenvalue weighted by molar-refractivity contribution is 6.42. The Hall–Kier alpha value is -0.240. The van der Waals surface area contributed by atoms with E-state index in [9.17, 15) is 5.11 Å². The molecule has 0 aliphatic heterocycles. The summed E-state index contributed by atoms with van der Waals surface area (Å²) in [7, 11) is 0. The first-order valence-corrected chi connectivity index (χ1v) is 4.53. The number of hydrogen-bond donors (Lipinski definition) is 1. The summed E-state index contributed by atoms with van der Waals surface area (Å²) in [5, 5.41) is 10.4. The lowest BCUT2D eigenvalue weighted by Gasteiger charge is -2.08. The van der Waals surface area contributed by atoms with E-state index in [1.807, 2.05) is 6.92 Å². The SMILES string of the molecule is CC[C@H](O)c1ccc(Cl)c(Cl)c1. The van der Waals surface area contributed by atoms with Gasteiger partial charge >= 0.3 is 0 Å². The average molecular weight is 205 g/mol. The van der Waals surface area contributed by atoms with E-state index >= 15 is 0 Å². The van der Waals surface area contributed by atoms with Crippen molar-refractivity contribution < 1.29 is 5.11 Å². The van der Waals surface area contributed by atoms with Crippen LogP contribution in [0.15, 0.2) is 18.2 Å². The summed E-state index contributed by atoms with van der Waals surface area (Å²) in [4.78, 5) is 0. The molecule has 0 spiro atoms. The molecule has 1 aromatic rings. The minimum Gasteiger partial charge on any atom is -0.388 e. The van der Waals surface area contributed by atoms with Crippen molar-refractivity contribution in [2.45, 2.75) is 19.4 Å². The first-order valence-electron chi connectivity index (χ1n) is 3.78. The molecule has 0 bridgehead atoms. The van der Waals surface area contributed by atoms with E-state index in [-0.39, 0.29) is 0 Å². The van der Waals surface area contributed by atoms with Crippen molar-refractivity contribution in [2.75, 3.05) is 0 Å². The summed E-state index contributed by atoms with van der Waals surface area (Å²) in [6.07, 6.45) is 0.234. The molecule has 1 aromatic carbocycles. The molecule has 1 atom stereocenters. The minimum atomic E-state index is -0.445. The van der Waals surface area contributed by atoms with E-state index in [1.165, 1.54) is 0 Å². The van der Waals surface area contributed by atoms with Gasteiger partial charge in [0.15, 0.2) is 0 Å². The van der Waals surface area contributed by atoms with Gasteiger partial charge in [0.05, 0.1) is 16.1 Å². The molecule has 0 aliphatic carbocycles. The Kier molecular flexibility index (Phi) is 3.39. The van der Waals surface area contributed by atoms with Gasteiger partial charge in [-0.1, -0.05) is 36.2 Å². The zero-order chi connectivity index (χ0) is 9.14. The maximum atomic E-state index is 9.44. The van der Waals surface area contributed by atoms with Gasteiger partial charge in [-0.2, -0.15) is 0 Å². The lowest BCUT2D eigenvalue weighted by atomic mass is 10.1. The quantitative estimate of drug-likeness (QED) is 0.783. The van der Waals surface area contributed by atoms with Gasteiger partial charge in [0, 0.05) is 0 Å². The molecule has 12 heavy (non-hydrogen) atoms. The normalized spacial score (nSPS) is 13.0. The van der Waals surface area contributed by atoms with Crippen LogP contribution in [0, 0.1) is 0 Å². The fourth-order valence-corrected chi connectivity index (χ4v) is 1.26. The molecule has 1 N–H and O–H groups in total. The summed E-state index contributed by atoms with van der Waals surface area (Å²) in [6, 6.07) is 5.17. The maximum absolute atomic E-state index is 9.44. The Morgan fingerprint density at radius 2 is 2.00 bits per heavy atom. The smallest absolute Gasteiger partial charge is 0.0788 e. The molecule has 3 heteroatoms. The molecule has 0 aliphatic rings. The van der Waals surface area contributed by atoms with Gasteiger partial charge < -0.3 is 5.11 Å². The van der Waals surface area contributed by atoms with E-state index in [1.54, 1.807) is 18.2 Å². The molecule has 1 nitrogen and oxygen atoms in total. The van der Waals surface area contributed by atoms with Crippen LogP contribution in [0.2, 0.25) is 10.0 Å². The first-order chi connectivity index (χ1) is 5.65. The zero-order valence-electron chi connectivity index (χ0n) is 6.72. The van der Waals surface area contributed by atoms with Gasteiger partial charge in [0.1, 0.15) is 0 Å². The summed E-state index contributed by atoms with van der Waals surface area (Å²) in [6.45, 7) is 1.91. The maximum Gasteiger partial charge on any atom is 0.0788 e. The molecular formula is C9H10Cl2O. The Morgan fingerprint density at radius 1 is 1.33 bits per heavy atom. The van der Waals surface area contributed by atoms with E-state index in [0.717, 1.165) is 5.56 Å². The van der Waals surface area contributed by atoms with Crippen molar-refractivity contribution in [3.63, 3.8) is 0 Å². The monoisotopic (exact) mass is 204 g/mol. The molecule has 0 saturated heterocycles. The van der Waals surface area contributed by atoms with Crippen LogP contribution in [0.5, 0.6) is 0 Å². The van der Waals surface area contributed by atoms with Gasteiger partial charge in [-0.3, -0.25) is 0 Å². The van der Waals surface area contributed by atoms with Gasteiger partial charge in [0.25, 0.3) is 0 Å². The molecule has 0 amide bonds. The van der Waals surface area contributed by atoms with Crippen molar-refractivity contribution in [2.24, 2.45) is 0 Å². The van der Waals surface area contributed by atoms with Crippen LogP contribution in [-0.2, 0) is 0 Å². The summed E-state index contributed by atoms with van der Waals surface area (Å²) >= 11 is 11.5. The Morgan fingerprint density at radius 3 is 2.50 bits per heavy atom. The summed E-state index contributed by atoms with van der Waals surface area (Å²) in [5.74, 6) is 0. The van der Waals surface area contributed by atoms with Crippen LogP contribution in [0.25, 0.3) is 0 Å². The van der Waals surface area contributed by atoms with Gasteiger partial charge in [-0.05, 0) is 24.1 Å². The summed E-state index contributed by atoms with van der Waals surface area (Å²) < 4.78 is 0. The standard InChI is InChI=1S/C9H10Cl2O/c1-2-9(12)6-3-4-7(10)8(11)5-6/h3-5,9,12H,2H2,1H3/t9-/m0/s1. The highest BCUT2D eigenvalue weighted by atomic mass is 35.5. The second-order valence-corrected chi connectivity index (χ2v) is 3.41. The number of hydrogen-bond acceptors (Lipinski definition) is 1. The Bertz CT molecular complexity index is 273. The fraction of sp³-hybridized carbons (Fsp3) is 0.333. The Labute approximate surface area is 81.9 Å². The van der Waals surface area contributed by atoms with Crippen molar-refractivity contribution in [1.82, 2.24) is 0 Å². The fourth-order valence-electron chi connectivity index (χ4n) is 0.955. The molecule has 66 valence electrons. The second kappa shape index (κ2) is 4.13. The van der Waals surface area contributed by atoms with Gasteiger partial charge in [-0.15, -0.1) is 0 Å². The number of benzene rings is 1. The molecule has 0 fully saturated rings. The lowest BCUT2D eigenvalue weighted by Crippen LogP contribution is -1.94. The van der Waals surface area contributed by atoms with E-state index < -0.39 is 6.10 Å². The highest BCUT2D eigenvalue weighted by Gasteiger charge is 2.06. The minimum absolute atomic E-state index is 0.445. The van der Waals surface area contributed by atoms with Crippen molar-refractivity contribution in [1.29, 1.82) is 0 Å². The van der Waals surface area contributed by atoms with Crippen LogP contribution in [0.4, 0.5) is 0 Å². The first kappa shape index (κ1) is 9.85. The van der Waals surface area contributed by atoms with Gasteiger partial charge in [0.2, 0.25) is 0 Å². The average Bonchev–Trinajstić information content (AvgIpc) is 2.08.